The van der Waals surface area contributed by atoms with Crippen molar-refractivity contribution in [3.05, 3.63) is 42.5 Å². The SMILES string of the molecule is COc1ccc(NC(=O)CSc2nnc3sc4ccccc4n23)c(OC)c1. The number of fused-ring (bicyclic) bond motifs is 3. The van der Waals surface area contributed by atoms with Crippen molar-refractivity contribution in [1.82, 2.24) is 14.6 Å². The Hall–Kier alpha value is -2.78. The number of amides is 1. The number of nitrogens with one attached hydrogen (secondary N) is 1. The van der Waals surface area contributed by atoms with Crippen molar-refractivity contribution >= 4 is 49.9 Å². The van der Waals surface area contributed by atoms with Crippen LogP contribution >= 0.6 is 23.1 Å². The molecule has 0 fully saturated rings. The predicted octanol–water partition coefficient (Wildman–Crippen LogP) is 3.69. The lowest BCUT2D eigenvalue weighted by atomic mass is 10.2. The van der Waals surface area contributed by atoms with E-state index in [2.05, 4.69) is 15.5 Å². The molecule has 0 saturated heterocycles. The van der Waals surface area contributed by atoms with Crippen LogP contribution in [0.1, 0.15) is 0 Å². The molecule has 2 heterocycles. The van der Waals surface area contributed by atoms with E-state index in [1.54, 1.807) is 43.8 Å². The van der Waals surface area contributed by atoms with Crippen LogP contribution in [0.25, 0.3) is 15.2 Å². The maximum Gasteiger partial charge on any atom is 0.234 e. The number of ether oxygens (including phenoxy) is 2. The van der Waals surface area contributed by atoms with Gasteiger partial charge in [-0.3, -0.25) is 9.20 Å². The number of methoxy groups -OCH3 is 2. The molecule has 4 aromatic rings. The summed E-state index contributed by atoms with van der Waals surface area (Å²) in [7, 11) is 3.13. The quantitative estimate of drug-likeness (QED) is 0.498. The van der Waals surface area contributed by atoms with Gasteiger partial charge in [0.15, 0.2) is 5.16 Å². The minimum absolute atomic E-state index is 0.153. The molecule has 2 aromatic carbocycles. The first-order valence-corrected chi connectivity index (χ1v) is 9.87. The highest BCUT2D eigenvalue weighted by Gasteiger charge is 2.15. The van der Waals surface area contributed by atoms with E-state index in [0.717, 1.165) is 15.2 Å². The normalized spacial score (nSPS) is 11.0. The number of aromatic nitrogens is 3. The molecule has 0 radical (unpaired) electrons. The molecule has 0 aliphatic carbocycles. The number of para-hydroxylation sites is 1. The van der Waals surface area contributed by atoms with E-state index in [4.69, 9.17) is 9.47 Å². The maximum atomic E-state index is 12.4. The number of thioether (sulfide) groups is 1. The Morgan fingerprint density at radius 2 is 2.04 bits per heavy atom. The lowest BCUT2D eigenvalue weighted by molar-refractivity contribution is -0.113. The van der Waals surface area contributed by atoms with Gasteiger partial charge in [-0.05, 0) is 24.3 Å². The molecule has 27 heavy (non-hydrogen) atoms. The van der Waals surface area contributed by atoms with Gasteiger partial charge in [0.25, 0.3) is 0 Å². The molecule has 0 aliphatic rings. The van der Waals surface area contributed by atoms with Crippen molar-refractivity contribution in [3.63, 3.8) is 0 Å². The lowest BCUT2D eigenvalue weighted by Gasteiger charge is -2.11. The number of hydrogen-bond acceptors (Lipinski definition) is 7. The van der Waals surface area contributed by atoms with Crippen LogP contribution in [0.4, 0.5) is 5.69 Å². The van der Waals surface area contributed by atoms with Crippen LogP contribution in [-0.4, -0.2) is 40.5 Å². The number of anilines is 1. The number of benzene rings is 2. The minimum atomic E-state index is -0.153. The van der Waals surface area contributed by atoms with Gasteiger partial charge < -0.3 is 14.8 Å². The van der Waals surface area contributed by atoms with E-state index < -0.39 is 0 Å². The minimum Gasteiger partial charge on any atom is -0.497 e. The maximum absolute atomic E-state index is 12.4. The zero-order chi connectivity index (χ0) is 18.8. The first-order chi connectivity index (χ1) is 13.2. The molecule has 1 amide bonds. The average Bonchev–Trinajstić information content (AvgIpc) is 3.26. The van der Waals surface area contributed by atoms with Crippen LogP contribution < -0.4 is 14.8 Å². The van der Waals surface area contributed by atoms with Gasteiger partial charge in [0.05, 0.1) is 35.9 Å². The highest BCUT2D eigenvalue weighted by Crippen LogP contribution is 2.31. The van der Waals surface area contributed by atoms with Gasteiger partial charge in [-0.25, -0.2) is 0 Å². The highest BCUT2D eigenvalue weighted by atomic mass is 32.2. The fourth-order valence-electron chi connectivity index (χ4n) is 2.67. The molecular weight excluding hydrogens is 384 g/mol. The van der Waals surface area contributed by atoms with Crippen molar-refractivity contribution in [1.29, 1.82) is 0 Å². The van der Waals surface area contributed by atoms with Crippen molar-refractivity contribution in [2.45, 2.75) is 5.16 Å². The van der Waals surface area contributed by atoms with Gasteiger partial charge in [0.1, 0.15) is 11.5 Å². The summed E-state index contributed by atoms with van der Waals surface area (Å²) < 4.78 is 13.6. The number of carbonyl (C=O) groups excluding carboxylic acids is 1. The largest absolute Gasteiger partial charge is 0.497 e. The van der Waals surface area contributed by atoms with Gasteiger partial charge in [-0.15, -0.1) is 10.2 Å². The summed E-state index contributed by atoms with van der Waals surface area (Å²) in [6.45, 7) is 0. The number of nitrogens with zero attached hydrogens (tertiary/aromatic N) is 3. The molecule has 7 nitrogen and oxygen atoms in total. The Kier molecular flexibility index (Phi) is 4.87. The second-order valence-corrected chi connectivity index (χ2v) is 7.53. The van der Waals surface area contributed by atoms with Crippen LogP contribution in [0.15, 0.2) is 47.6 Å². The number of carbonyl (C=O) groups is 1. The van der Waals surface area contributed by atoms with Crippen molar-refractivity contribution in [2.75, 3.05) is 25.3 Å². The summed E-state index contributed by atoms with van der Waals surface area (Å²) in [4.78, 5) is 13.2. The summed E-state index contributed by atoms with van der Waals surface area (Å²) in [5, 5.41) is 12.0. The summed E-state index contributed by atoms with van der Waals surface area (Å²) in [6.07, 6.45) is 0. The first kappa shape index (κ1) is 17.6. The van der Waals surface area contributed by atoms with Crippen LogP contribution in [0.2, 0.25) is 0 Å². The van der Waals surface area contributed by atoms with Crippen molar-refractivity contribution in [3.8, 4) is 11.5 Å². The van der Waals surface area contributed by atoms with E-state index in [1.807, 2.05) is 28.7 Å². The Morgan fingerprint density at radius 3 is 2.85 bits per heavy atom. The van der Waals surface area contributed by atoms with Gasteiger partial charge in [-0.1, -0.05) is 35.2 Å². The van der Waals surface area contributed by atoms with Gasteiger partial charge in [0.2, 0.25) is 10.9 Å². The van der Waals surface area contributed by atoms with E-state index in [-0.39, 0.29) is 11.7 Å². The van der Waals surface area contributed by atoms with E-state index in [0.29, 0.717) is 22.3 Å². The fraction of sp³-hybridized carbons (Fsp3) is 0.167. The standard InChI is InChI=1S/C18H16N4O3S2/c1-24-11-7-8-12(14(9-11)25-2)19-16(23)10-26-17-20-21-18-22(17)13-5-3-4-6-15(13)27-18/h3-9H,10H2,1-2H3,(H,19,23). The smallest absolute Gasteiger partial charge is 0.234 e. The predicted molar refractivity (Wildman–Crippen MR) is 107 cm³/mol. The molecule has 0 spiro atoms. The van der Waals surface area contributed by atoms with E-state index in [9.17, 15) is 4.79 Å². The molecule has 0 aliphatic heterocycles. The van der Waals surface area contributed by atoms with Crippen LogP contribution in [0.5, 0.6) is 11.5 Å². The average molecular weight is 400 g/mol. The third-order valence-corrected chi connectivity index (χ3v) is 5.87. The molecule has 9 heteroatoms. The molecule has 138 valence electrons. The van der Waals surface area contributed by atoms with Gasteiger partial charge in [0, 0.05) is 6.07 Å². The molecule has 0 bridgehead atoms. The third-order valence-electron chi connectivity index (χ3n) is 3.93. The summed E-state index contributed by atoms with van der Waals surface area (Å²) in [5.74, 6) is 1.26. The molecule has 1 N–H and O–H groups in total. The first-order valence-electron chi connectivity index (χ1n) is 8.07. The van der Waals surface area contributed by atoms with Gasteiger partial charge >= 0.3 is 0 Å². The molecular formula is C18H16N4O3S2. The monoisotopic (exact) mass is 400 g/mol. The van der Waals surface area contributed by atoms with Crippen LogP contribution in [-0.2, 0) is 4.79 Å². The van der Waals surface area contributed by atoms with E-state index in [1.165, 1.54) is 11.8 Å². The Balaban J connectivity index is 1.49. The number of rotatable bonds is 6. The summed E-state index contributed by atoms with van der Waals surface area (Å²) in [6, 6.07) is 13.3. The Morgan fingerprint density at radius 1 is 1.19 bits per heavy atom. The highest BCUT2D eigenvalue weighted by molar-refractivity contribution is 7.99. The number of hydrogen-bond donors (Lipinski definition) is 1. The van der Waals surface area contributed by atoms with Crippen molar-refractivity contribution < 1.29 is 14.3 Å². The van der Waals surface area contributed by atoms with Crippen LogP contribution in [0.3, 0.4) is 0 Å². The molecule has 0 unspecified atom stereocenters. The molecule has 0 saturated carbocycles. The zero-order valence-electron chi connectivity index (χ0n) is 14.6. The fourth-order valence-corrected chi connectivity index (χ4v) is 4.43. The Labute approximate surface area is 163 Å². The summed E-state index contributed by atoms with van der Waals surface area (Å²) in [5.41, 5.74) is 1.64. The zero-order valence-corrected chi connectivity index (χ0v) is 16.3. The number of thiazole rings is 1. The summed E-state index contributed by atoms with van der Waals surface area (Å²) >= 11 is 2.92. The third kappa shape index (κ3) is 3.43. The molecule has 2 aromatic heterocycles. The lowest BCUT2D eigenvalue weighted by Crippen LogP contribution is -2.15. The molecule has 4 rings (SSSR count). The second kappa shape index (κ2) is 7.45. The topological polar surface area (TPSA) is 77.8 Å². The molecule has 0 atom stereocenters. The second-order valence-electron chi connectivity index (χ2n) is 5.57. The van der Waals surface area contributed by atoms with Crippen molar-refractivity contribution in [2.24, 2.45) is 0 Å². The van der Waals surface area contributed by atoms with E-state index >= 15 is 0 Å². The Bertz CT molecular complexity index is 1120. The van der Waals surface area contributed by atoms with Crippen LogP contribution in [0, 0.1) is 0 Å². The van der Waals surface area contributed by atoms with Gasteiger partial charge in [-0.2, -0.15) is 0 Å².